The van der Waals surface area contributed by atoms with Crippen LogP contribution in [0.15, 0.2) is 52.1 Å². The van der Waals surface area contributed by atoms with Gasteiger partial charge in [0.05, 0.1) is 28.7 Å². The van der Waals surface area contributed by atoms with Crippen LogP contribution < -0.4 is 22.4 Å². The molecule has 34 heavy (non-hydrogen) atoms. The number of carboxylic acid groups (broad SMARTS) is 1. The van der Waals surface area contributed by atoms with E-state index < -0.39 is 29.3 Å². The molecule has 4 aromatic rings. The second-order valence-electron chi connectivity index (χ2n) is 7.81. The third-order valence-electron chi connectivity index (χ3n) is 5.54. The number of anilines is 3. The zero-order valence-electron chi connectivity index (χ0n) is 18.2. The van der Waals surface area contributed by atoms with Crippen LogP contribution in [0, 0.1) is 5.92 Å². The average molecular weight is 501 g/mol. The molecule has 176 valence electrons. The highest BCUT2D eigenvalue weighted by atomic mass is 35.5. The summed E-state index contributed by atoms with van der Waals surface area (Å²) >= 11 is 7.29. The molecule has 2 atom stereocenters. The first kappa shape index (κ1) is 23.5. The zero-order valence-corrected chi connectivity index (χ0v) is 19.8. The number of hydrogen-bond donors (Lipinski definition) is 3. The van der Waals surface area contributed by atoms with Gasteiger partial charge < -0.3 is 16.2 Å². The maximum atomic E-state index is 13.5. The van der Waals surface area contributed by atoms with Crippen molar-refractivity contribution in [2.45, 2.75) is 26.4 Å². The maximum Gasteiger partial charge on any atom is 0.355 e. The molecule has 2 aromatic carbocycles. The van der Waals surface area contributed by atoms with Gasteiger partial charge in [-0.25, -0.2) is 19.1 Å². The number of hydrogen-bond acceptors (Lipinski definition) is 8. The summed E-state index contributed by atoms with van der Waals surface area (Å²) in [5.41, 5.74) is 6.31. The number of aromatic nitrogens is 4. The van der Waals surface area contributed by atoms with Crippen LogP contribution in [-0.4, -0.2) is 30.2 Å². The lowest BCUT2D eigenvalue weighted by Gasteiger charge is -2.21. The van der Waals surface area contributed by atoms with Crippen molar-refractivity contribution in [1.29, 1.82) is 0 Å². The number of carboxylic acids is 1. The minimum absolute atomic E-state index is 0.0215. The number of nitrogens with two attached hydrogens (primary N) is 1. The van der Waals surface area contributed by atoms with Gasteiger partial charge in [-0.05, 0) is 49.7 Å². The van der Waals surface area contributed by atoms with E-state index in [0.717, 1.165) is 20.3 Å². The van der Waals surface area contributed by atoms with E-state index in [4.69, 9.17) is 17.3 Å². The van der Waals surface area contributed by atoms with E-state index >= 15 is 0 Å². The number of carbonyl (C=O) groups is 1. The second-order valence-corrected chi connectivity index (χ2v) is 9.31. The summed E-state index contributed by atoms with van der Waals surface area (Å²) in [6.45, 7) is 3.02. The van der Waals surface area contributed by atoms with Gasteiger partial charge in [-0.2, -0.15) is 4.98 Å². The molecule has 0 aliphatic heterocycles. The molecule has 0 amide bonds. The fourth-order valence-electron chi connectivity index (χ4n) is 3.45. The van der Waals surface area contributed by atoms with E-state index in [0.29, 0.717) is 15.8 Å². The van der Waals surface area contributed by atoms with Gasteiger partial charge in [0, 0.05) is 10.7 Å². The van der Waals surface area contributed by atoms with Crippen LogP contribution in [0.25, 0.3) is 10.2 Å². The van der Waals surface area contributed by atoms with Crippen molar-refractivity contribution in [3.05, 3.63) is 74.0 Å². The minimum atomic E-state index is -1.12. The van der Waals surface area contributed by atoms with Crippen LogP contribution >= 0.6 is 22.9 Å². The van der Waals surface area contributed by atoms with E-state index in [9.17, 15) is 19.5 Å². The highest BCUT2D eigenvalue weighted by Gasteiger charge is 2.26. The first-order valence-electron chi connectivity index (χ1n) is 10.3. The largest absolute Gasteiger partial charge is 0.481 e. The van der Waals surface area contributed by atoms with Crippen LogP contribution in [0.5, 0.6) is 0 Å². The fourth-order valence-corrected chi connectivity index (χ4v) is 4.34. The Bertz CT molecular complexity index is 1490. The van der Waals surface area contributed by atoms with Gasteiger partial charge in [0.2, 0.25) is 5.95 Å². The first-order valence-corrected chi connectivity index (χ1v) is 11.5. The highest BCUT2D eigenvalue weighted by molar-refractivity contribution is 7.22. The number of nitrogens with zero attached hydrogens (tertiary/aromatic N) is 4. The molecule has 0 radical (unpaired) electrons. The molecule has 0 fully saturated rings. The number of benzene rings is 2. The molecule has 4 N–H and O–H groups in total. The van der Waals surface area contributed by atoms with Crippen molar-refractivity contribution in [2.24, 2.45) is 5.92 Å². The Balaban J connectivity index is 1.83. The number of halogens is 1. The maximum absolute atomic E-state index is 13.5. The molecule has 10 nitrogen and oxygen atoms in total. The lowest BCUT2D eigenvalue weighted by Crippen LogP contribution is -2.46. The molecule has 2 heterocycles. The molecular formula is C22H21ClN6O4S. The van der Waals surface area contributed by atoms with Gasteiger partial charge in [-0.3, -0.25) is 9.36 Å². The number of thiazole rings is 1. The molecule has 0 spiro atoms. The van der Waals surface area contributed by atoms with Crippen molar-refractivity contribution in [2.75, 3.05) is 11.1 Å². The van der Waals surface area contributed by atoms with Gasteiger partial charge in [0.25, 0.3) is 0 Å². The van der Waals surface area contributed by atoms with E-state index in [-0.39, 0.29) is 12.5 Å². The number of rotatable bonds is 7. The Morgan fingerprint density at radius 3 is 2.56 bits per heavy atom. The molecular weight excluding hydrogens is 480 g/mol. The third kappa shape index (κ3) is 4.66. The van der Waals surface area contributed by atoms with Gasteiger partial charge in [0.1, 0.15) is 0 Å². The molecule has 0 unspecified atom stereocenters. The van der Waals surface area contributed by atoms with E-state index in [1.54, 1.807) is 42.5 Å². The minimum Gasteiger partial charge on any atom is -0.481 e. The van der Waals surface area contributed by atoms with E-state index in [2.05, 4.69) is 15.3 Å². The lowest BCUT2D eigenvalue weighted by molar-refractivity contribution is -0.142. The number of nitrogens with one attached hydrogen (secondary N) is 1. The van der Waals surface area contributed by atoms with Crippen LogP contribution in [0.2, 0.25) is 5.02 Å². The molecule has 0 aliphatic rings. The Morgan fingerprint density at radius 2 is 1.88 bits per heavy atom. The summed E-state index contributed by atoms with van der Waals surface area (Å²) in [6, 6.07) is 11.3. The van der Waals surface area contributed by atoms with Crippen LogP contribution in [0.4, 0.5) is 16.8 Å². The number of nitrogen functional groups attached to an aromatic ring is 1. The topological polar surface area (TPSA) is 145 Å². The van der Waals surface area contributed by atoms with Gasteiger partial charge in [0.15, 0.2) is 5.13 Å². The summed E-state index contributed by atoms with van der Waals surface area (Å²) in [4.78, 5) is 46.1. The van der Waals surface area contributed by atoms with E-state index in [1.807, 2.05) is 0 Å². The predicted octanol–water partition coefficient (Wildman–Crippen LogP) is 3.32. The highest BCUT2D eigenvalue weighted by Crippen LogP contribution is 2.27. The summed E-state index contributed by atoms with van der Waals surface area (Å²) in [6.07, 6.45) is 0. The Labute approximate surface area is 202 Å². The molecule has 0 bridgehead atoms. The zero-order chi connectivity index (χ0) is 24.6. The second kappa shape index (κ2) is 9.27. The summed E-state index contributed by atoms with van der Waals surface area (Å²) < 4.78 is 2.99. The molecule has 0 aliphatic carbocycles. The predicted molar refractivity (Wildman–Crippen MR) is 132 cm³/mol. The average Bonchev–Trinajstić information content (AvgIpc) is 3.16. The number of fused-ring (bicyclic) bond motifs is 1. The quantitative estimate of drug-likeness (QED) is 0.350. The van der Waals surface area contributed by atoms with Crippen molar-refractivity contribution < 1.29 is 9.90 Å². The summed E-state index contributed by atoms with van der Waals surface area (Å²) in [5, 5.41) is 13.4. The molecule has 12 heteroatoms. The van der Waals surface area contributed by atoms with Crippen LogP contribution in [-0.2, 0) is 11.3 Å². The summed E-state index contributed by atoms with van der Waals surface area (Å²) in [7, 11) is 0. The normalized spacial score (nSPS) is 13.0. The van der Waals surface area contributed by atoms with Gasteiger partial charge >= 0.3 is 17.3 Å². The standard InChI is InChI=1S/C22H21ClN6O4S/c1-11(18(30)31)12(2)29-21(32)27-20(25-15-7-8-16-17(9-15)34-19(24)26-16)28(22(29)33)10-13-3-5-14(23)6-4-13/h3-9,11-12H,10H2,1-2H3,(H2,24,26)(H,30,31)(H,25,27,32)/t11-,12+/m1/s1. The Morgan fingerprint density at radius 1 is 1.18 bits per heavy atom. The van der Waals surface area contributed by atoms with Crippen LogP contribution in [0.1, 0.15) is 25.5 Å². The van der Waals surface area contributed by atoms with Crippen molar-refractivity contribution in [3.8, 4) is 0 Å². The molecule has 2 aromatic heterocycles. The Hall–Kier alpha value is -3.70. The monoisotopic (exact) mass is 500 g/mol. The molecule has 4 rings (SSSR count). The third-order valence-corrected chi connectivity index (χ3v) is 6.64. The lowest BCUT2D eigenvalue weighted by atomic mass is 10.0. The molecule has 0 saturated carbocycles. The Kier molecular flexibility index (Phi) is 6.40. The first-order chi connectivity index (χ1) is 16.1. The van der Waals surface area contributed by atoms with Crippen molar-refractivity contribution in [1.82, 2.24) is 19.1 Å². The van der Waals surface area contributed by atoms with Crippen molar-refractivity contribution in [3.63, 3.8) is 0 Å². The van der Waals surface area contributed by atoms with Gasteiger partial charge in [-0.15, -0.1) is 0 Å². The SMILES string of the molecule is C[C@@H](C(=O)O)[C@H](C)n1c(=O)nc(Nc2ccc3nc(N)sc3c2)n(Cc2ccc(Cl)cc2)c1=O. The van der Waals surface area contributed by atoms with E-state index in [1.165, 1.54) is 29.8 Å². The van der Waals surface area contributed by atoms with Gasteiger partial charge in [-0.1, -0.05) is 35.1 Å². The fraction of sp³-hybridized carbons (Fsp3) is 0.227. The van der Waals surface area contributed by atoms with Crippen molar-refractivity contribution >= 4 is 55.9 Å². The smallest absolute Gasteiger partial charge is 0.355 e. The van der Waals surface area contributed by atoms with Crippen LogP contribution in [0.3, 0.4) is 0 Å². The molecule has 0 saturated heterocycles. The summed E-state index contributed by atoms with van der Waals surface area (Å²) in [5.74, 6) is -2.08. The number of aliphatic carboxylic acids is 1.